The van der Waals surface area contributed by atoms with Gasteiger partial charge in [0.25, 0.3) is 5.91 Å². The zero-order chi connectivity index (χ0) is 31.5. The Labute approximate surface area is 266 Å². The molecule has 0 saturated heterocycles. The molecule has 0 unspecified atom stereocenters. The normalized spacial score (nSPS) is 16.4. The summed E-state index contributed by atoms with van der Waals surface area (Å²) in [6, 6.07) is 21.2. The van der Waals surface area contributed by atoms with Gasteiger partial charge in [0.15, 0.2) is 0 Å². The number of carboxylic acid groups (broad SMARTS) is 1. The standard InChI is InChI=1S/C34H36ClN3O5S/c1-21(39)36(2)25-12-9-22(10-13-25)23-11-18-29(43-4)24(19-23)20-38(27-16-14-26(15-17-27)37(3)34(41)42)33(40)32-31(35)28-7-5-6-8-30(28)44-32/h5-13,18-19,26-27H,14-17,20H2,1-4H3,(H,41,42). The third-order valence-electron chi connectivity index (χ3n) is 8.63. The second kappa shape index (κ2) is 13.3. The fourth-order valence-electron chi connectivity index (χ4n) is 5.89. The van der Waals surface area contributed by atoms with Gasteiger partial charge in [-0.25, -0.2) is 4.79 Å². The Morgan fingerprint density at radius 3 is 2.18 bits per heavy atom. The summed E-state index contributed by atoms with van der Waals surface area (Å²) in [5, 5.41) is 10.8. The molecule has 1 aromatic heterocycles. The number of halogens is 1. The van der Waals surface area contributed by atoms with Gasteiger partial charge in [-0.15, -0.1) is 11.3 Å². The van der Waals surface area contributed by atoms with Crippen LogP contribution in [0, 0.1) is 0 Å². The first-order valence-electron chi connectivity index (χ1n) is 14.5. The number of ether oxygens (including phenoxy) is 1. The van der Waals surface area contributed by atoms with Crippen molar-refractivity contribution in [2.75, 3.05) is 26.1 Å². The molecule has 10 heteroatoms. The largest absolute Gasteiger partial charge is 0.496 e. The lowest BCUT2D eigenvalue weighted by atomic mass is 9.89. The molecule has 1 aliphatic rings. The fourth-order valence-corrected chi connectivity index (χ4v) is 7.35. The highest BCUT2D eigenvalue weighted by molar-refractivity contribution is 7.21. The number of hydrogen-bond acceptors (Lipinski definition) is 5. The molecule has 1 aliphatic carbocycles. The van der Waals surface area contributed by atoms with Gasteiger partial charge >= 0.3 is 6.09 Å². The lowest BCUT2D eigenvalue weighted by Gasteiger charge is -2.39. The van der Waals surface area contributed by atoms with E-state index in [1.54, 1.807) is 26.1 Å². The maximum absolute atomic E-state index is 14.3. The van der Waals surface area contributed by atoms with Crippen molar-refractivity contribution in [3.05, 3.63) is 82.2 Å². The Kier molecular flexibility index (Phi) is 9.46. The molecule has 1 saturated carbocycles. The van der Waals surface area contributed by atoms with Crippen LogP contribution >= 0.6 is 22.9 Å². The van der Waals surface area contributed by atoms with Crippen LogP contribution in [0.3, 0.4) is 0 Å². The van der Waals surface area contributed by atoms with Crippen molar-refractivity contribution in [1.82, 2.24) is 9.80 Å². The van der Waals surface area contributed by atoms with Crippen molar-refractivity contribution in [3.8, 4) is 16.9 Å². The lowest BCUT2D eigenvalue weighted by Crippen LogP contribution is -2.46. The Morgan fingerprint density at radius 1 is 0.932 bits per heavy atom. The first kappa shape index (κ1) is 31.3. The van der Waals surface area contributed by atoms with Crippen molar-refractivity contribution in [2.45, 2.75) is 51.2 Å². The van der Waals surface area contributed by atoms with Crippen molar-refractivity contribution >= 4 is 56.6 Å². The lowest BCUT2D eigenvalue weighted by molar-refractivity contribution is -0.116. The molecule has 0 aliphatic heterocycles. The summed E-state index contributed by atoms with van der Waals surface area (Å²) in [4.78, 5) is 43.1. The number of carbonyl (C=O) groups excluding carboxylic acids is 2. The number of hydrogen-bond donors (Lipinski definition) is 1. The molecule has 1 N–H and O–H groups in total. The molecule has 1 fully saturated rings. The molecule has 230 valence electrons. The molecule has 0 atom stereocenters. The third kappa shape index (κ3) is 6.39. The van der Waals surface area contributed by atoms with Crippen LogP contribution in [0.25, 0.3) is 21.2 Å². The Morgan fingerprint density at radius 2 is 1.57 bits per heavy atom. The minimum absolute atomic E-state index is 0.0448. The van der Waals surface area contributed by atoms with E-state index in [0.717, 1.165) is 32.5 Å². The molecule has 3 aromatic carbocycles. The summed E-state index contributed by atoms with van der Waals surface area (Å²) in [7, 11) is 4.96. The van der Waals surface area contributed by atoms with E-state index < -0.39 is 6.09 Å². The highest BCUT2D eigenvalue weighted by Gasteiger charge is 2.34. The number of rotatable bonds is 8. The van der Waals surface area contributed by atoms with Crippen molar-refractivity contribution in [3.63, 3.8) is 0 Å². The van der Waals surface area contributed by atoms with Gasteiger partial charge in [0, 0.05) is 61.0 Å². The smallest absolute Gasteiger partial charge is 0.407 e. The molecule has 0 spiro atoms. The van der Waals surface area contributed by atoms with Gasteiger partial charge < -0.3 is 24.5 Å². The quantitative estimate of drug-likeness (QED) is 0.214. The second-order valence-electron chi connectivity index (χ2n) is 11.2. The first-order chi connectivity index (χ1) is 21.1. The van der Waals surface area contributed by atoms with E-state index in [0.29, 0.717) is 47.9 Å². The zero-order valence-electron chi connectivity index (χ0n) is 25.2. The first-order valence-corrected chi connectivity index (χ1v) is 15.7. The van der Waals surface area contributed by atoms with E-state index in [2.05, 4.69) is 0 Å². The molecule has 8 nitrogen and oxygen atoms in total. The predicted octanol–water partition coefficient (Wildman–Crippen LogP) is 7.78. The number of fused-ring (bicyclic) bond motifs is 1. The van der Waals surface area contributed by atoms with Gasteiger partial charge in [-0.3, -0.25) is 9.59 Å². The number of anilines is 1. The Balaban J connectivity index is 1.49. The maximum Gasteiger partial charge on any atom is 0.407 e. The van der Waals surface area contributed by atoms with Gasteiger partial charge in [0.2, 0.25) is 5.91 Å². The maximum atomic E-state index is 14.3. The summed E-state index contributed by atoms with van der Waals surface area (Å²) >= 11 is 8.19. The summed E-state index contributed by atoms with van der Waals surface area (Å²) in [5.74, 6) is 0.480. The Hall–Kier alpha value is -4.08. The molecule has 1 heterocycles. The molecule has 5 rings (SSSR count). The fraction of sp³-hybridized carbons (Fsp3) is 0.324. The highest BCUT2D eigenvalue weighted by Crippen LogP contribution is 2.39. The van der Waals surface area contributed by atoms with Crippen LogP contribution in [0.4, 0.5) is 10.5 Å². The van der Waals surface area contributed by atoms with Crippen LogP contribution in [-0.4, -0.2) is 66.1 Å². The SMILES string of the molecule is COc1ccc(-c2ccc(N(C)C(C)=O)cc2)cc1CN(C(=O)c1sc2ccccc2c1Cl)C1CCC(N(C)C(=O)O)CC1. The van der Waals surface area contributed by atoms with Crippen molar-refractivity contribution in [2.24, 2.45) is 0 Å². The zero-order valence-corrected chi connectivity index (χ0v) is 26.8. The number of thiophene rings is 1. The molecular formula is C34H36ClN3O5S. The van der Waals surface area contributed by atoms with Crippen LogP contribution in [0.1, 0.15) is 47.8 Å². The van der Waals surface area contributed by atoms with Crippen LogP contribution < -0.4 is 9.64 Å². The number of carbonyl (C=O) groups is 3. The molecule has 0 radical (unpaired) electrons. The Bertz CT molecular complexity index is 1680. The van der Waals surface area contributed by atoms with E-state index in [-0.39, 0.29) is 23.9 Å². The summed E-state index contributed by atoms with van der Waals surface area (Å²) in [6.07, 6.45) is 1.72. The molecule has 44 heavy (non-hydrogen) atoms. The van der Waals surface area contributed by atoms with E-state index in [1.807, 2.05) is 71.6 Å². The van der Waals surface area contributed by atoms with E-state index >= 15 is 0 Å². The second-order valence-corrected chi connectivity index (χ2v) is 12.6. The van der Waals surface area contributed by atoms with Crippen LogP contribution in [-0.2, 0) is 11.3 Å². The molecule has 4 aromatic rings. The number of methoxy groups -OCH3 is 1. The minimum Gasteiger partial charge on any atom is -0.496 e. The monoisotopic (exact) mass is 633 g/mol. The number of nitrogens with zero attached hydrogens (tertiary/aromatic N) is 3. The van der Waals surface area contributed by atoms with Crippen molar-refractivity contribution < 1.29 is 24.2 Å². The van der Waals surface area contributed by atoms with E-state index in [9.17, 15) is 19.5 Å². The summed E-state index contributed by atoms with van der Waals surface area (Å²) < 4.78 is 6.71. The topological polar surface area (TPSA) is 90.4 Å². The highest BCUT2D eigenvalue weighted by atomic mass is 35.5. The predicted molar refractivity (Wildman–Crippen MR) is 176 cm³/mol. The average Bonchev–Trinajstić information content (AvgIpc) is 3.38. The molecule has 3 amide bonds. The average molecular weight is 634 g/mol. The van der Waals surface area contributed by atoms with Crippen LogP contribution in [0.2, 0.25) is 5.02 Å². The van der Waals surface area contributed by atoms with Crippen LogP contribution in [0.5, 0.6) is 5.75 Å². The van der Waals surface area contributed by atoms with Gasteiger partial charge in [-0.05, 0) is 67.1 Å². The summed E-state index contributed by atoms with van der Waals surface area (Å²) in [6.45, 7) is 1.83. The van der Waals surface area contributed by atoms with Gasteiger partial charge in [-0.1, -0.05) is 48.0 Å². The molecular weight excluding hydrogens is 598 g/mol. The van der Waals surface area contributed by atoms with E-state index in [1.165, 1.54) is 23.2 Å². The minimum atomic E-state index is -0.944. The third-order valence-corrected chi connectivity index (χ3v) is 10.3. The van der Waals surface area contributed by atoms with Crippen LogP contribution in [0.15, 0.2) is 66.7 Å². The van der Waals surface area contributed by atoms with Crippen molar-refractivity contribution in [1.29, 1.82) is 0 Å². The van der Waals surface area contributed by atoms with Gasteiger partial charge in [-0.2, -0.15) is 0 Å². The van der Waals surface area contributed by atoms with Gasteiger partial charge in [0.1, 0.15) is 10.6 Å². The number of amides is 3. The molecule has 0 bridgehead atoms. The van der Waals surface area contributed by atoms with Gasteiger partial charge in [0.05, 0.1) is 12.1 Å². The number of benzene rings is 3. The summed E-state index contributed by atoms with van der Waals surface area (Å²) in [5.41, 5.74) is 3.58. The van der Waals surface area contributed by atoms with E-state index in [4.69, 9.17) is 16.3 Å².